The minimum Gasteiger partial charge on any atom is -0.451 e. The van der Waals surface area contributed by atoms with Crippen LogP contribution in [0.2, 0.25) is 0 Å². The predicted octanol–water partition coefficient (Wildman–Crippen LogP) is 1.55. The van der Waals surface area contributed by atoms with Crippen LogP contribution >= 0.6 is 11.3 Å². The smallest absolute Gasteiger partial charge is 0.437 e. The number of pyridine rings is 1. The molecule has 0 saturated carbocycles. The molecule has 1 amide bonds. The molecule has 3 aromatic rings. The summed E-state index contributed by atoms with van der Waals surface area (Å²) in [7, 11) is 0. The van der Waals surface area contributed by atoms with Crippen molar-refractivity contribution in [2.75, 3.05) is 5.32 Å². The molecular weight excluding hydrogens is 460 g/mol. The summed E-state index contributed by atoms with van der Waals surface area (Å²) in [5.41, 5.74) is -0.384. The number of alkyl halides is 3. The standard InChI is InChI=1S/C17H12F4N6O4S/c1-3-10(17(19,20)21)31-15-8(14(29)24-12-7(2)32-6-22-12)4-9(18)13(25-15)27-16(30)23-11(5-28)26-27/h1,4,6,10,28H,5H2,2H3,(H,24,29)(H,23,26,30)/t10-/m0/s1. The molecule has 0 aliphatic carbocycles. The van der Waals surface area contributed by atoms with E-state index in [0.717, 1.165) is 0 Å². The van der Waals surface area contributed by atoms with Crippen molar-refractivity contribution in [3.05, 3.63) is 44.1 Å². The van der Waals surface area contributed by atoms with Crippen LogP contribution in [-0.4, -0.2) is 48.0 Å². The zero-order valence-electron chi connectivity index (χ0n) is 15.9. The number of amides is 1. The summed E-state index contributed by atoms with van der Waals surface area (Å²) in [6.45, 7) is 0.904. The van der Waals surface area contributed by atoms with Crippen LogP contribution in [0.3, 0.4) is 0 Å². The van der Waals surface area contributed by atoms with E-state index in [0.29, 0.717) is 15.6 Å². The number of aliphatic hydroxyl groups excluding tert-OH is 1. The third-order valence-corrected chi connectivity index (χ3v) is 4.59. The van der Waals surface area contributed by atoms with Gasteiger partial charge in [-0.15, -0.1) is 22.9 Å². The molecule has 3 aromatic heterocycles. The van der Waals surface area contributed by atoms with Crippen molar-refractivity contribution in [2.45, 2.75) is 25.8 Å². The number of halogens is 4. The molecule has 0 spiro atoms. The molecule has 0 bridgehead atoms. The topological polar surface area (TPSA) is 135 Å². The largest absolute Gasteiger partial charge is 0.451 e. The van der Waals surface area contributed by atoms with Crippen molar-refractivity contribution in [1.29, 1.82) is 0 Å². The van der Waals surface area contributed by atoms with Gasteiger partial charge in [-0.1, -0.05) is 5.92 Å². The molecule has 15 heteroatoms. The minimum absolute atomic E-state index is 0.0934. The Morgan fingerprint density at radius 2 is 2.22 bits per heavy atom. The number of hydrogen-bond acceptors (Lipinski definition) is 8. The molecule has 0 radical (unpaired) electrons. The average Bonchev–Trinajstić information content (AvgIpc) is 3.30. The van der Waals surface area contributed by atoms with E-state index in [1.54, 1.807) is 6.92 Å². The normalized spacial score (nSPS) is 12.3. The van der Waals surface area contributed by atoms with Crippen LogP contribution in [0.1, 0.15) is 21.1 Å². The molecule has 0 aliphatic rings. The number of aliphatic hydroxyl groups is 1. The van der Waals surface area contributed by atoms with E-state index >= 15 is 0 Å². The second-order valence-electron chi connectivity index (χ2n) is 6.01. The van der Waals surface area contributed by atoms with E-state index < -0.39 is 53.6 Å². The highest BCUT2D eigenvalue weighted by atomic mass is 32.1. The molecule has 0 aromatic carbocycles. The molecule has 0 saturated heterocycles. The van der Waals surface area contributed by atoms with Gasteiger partial charge in [-0.2, -0.15) is 22.8 Å². The van der Waals surface area contributed by atoms with Crippen molar-refractivity contribution < 1.29 is 32.2 Å². The van der Waals surface area contributed by atoms with Gasteiger partial charge >= 0.3 is 11.9 Å². The fourth-order valence-corrected chi connectivity index (χ4v) is 2.88. The molecular formula is C17H12F4N6O4S. The predicted molar refractivity (Wildman–Crippen MR) is 102 cm³/mol. The van der Waals surface area contributed by atoms with Crippen LogP contribution in [-0.2, 0) is 6.61 Å². The molecule has 0 unspecified atom stereocenters. The molecule has 10 nitrogen and oxygen atoms in total. The van der Waals surface area contributed by atoms with Crippen LogP contribution < -0.4 is 15.7 Å². The monoisotopic (exact) mass is 472 g/mol. The van der Waals surface area contributed by atoms with Gasteiger partial charge in [0.15, 0.2) is 17.5 Å². The van der Waals surface area contributed by atoms with Crippen LogP contribution in [0.4, 0.5) is 23.4 Å². The molecule has 0 fully saturated rings. The number of carbonyl (C=O) groups is 1. The average molecular weight is 472 g/mol. The second kappa shape index (κ2) is 8.77. The third kappa shape index (κ3) is 4.60. The molecule has 1 atom stereocenters. The van der Waals surface area contributed by atoms with Gasteiger partial charge in [0.05, 0.1) is 5.51 Å². The maximum absolute atomic E-state index is 14.7. The number of rotatable bonds is 6. The number of H-pyrrole nitrogens is 1. The van der Waals surface area contributed by atoms with E-state index in [4.69, 9.17) is 16.3 Å². The number of aromatic amines is 1. The summed E-state index contributed by atoms with van der Waals surface area (Å²) < 4.78 is 59.2. The molecule has 168 valence electrons. The van der Waals surface area contributed by atoms with E-state index in [1.165, 1.54) is 22.8 Å². The Kier molecular flexibility index (Phi) is 6.27. The number of anilines is 1. The number of ether oxygens (including phenoxy) is 1. The highest BCUT2D eigenvalue weighted by Crippen LogP contribution is 2.29. The van der Waals surface area contributed by atoms with Gasteiger partial charge < -0.3 is 15.2 Å². The molecule has 32 heavy (non-hydrogen) atoms. The molecule has 3 N–H and O–H groups in total. The Morgan fingerprint density at radius 3 is 2.75 bits per heavy atom. The Morgan fingerprint density at radius 1 is 1.50 bits per heavy atom. The van der Waals surface area contributed by atoms with Crippen LogP contribution in [0.5, 0.6) is 5.88 Å². The lowest BCUT2D eigenvalue weighted by Gasteiger charge is -2.18. The van der Waals surface area contributed by atoms with E-state index in [9.17, 15) is 27.2 Å². The van der Waals surface area contributed by atoms with Crippen molar-refractivity contribution >= 4 is 23.1 Å². The fraction of sp³-hybridized carbons (Fsp3) is 0.235. The number of nitrogens with zero attached hydrogens (tertiary/aromatic N) is 4. The highest BCUT2D eigenvalue weighted by Gasteiger charge is 2.42. The summed E-state index contributed by atoms with van der Waals surface area (Å²) in [6.07, 6.45) is -2.99. The van der Waals surface area contributed by atoms with Crippen molar-refractivity contribution in [1.82, 2.24) is 24.7 Å². The minimum atomic E-state index is -5.04. The Hall–Kier alpha value is -3.77. The van der Waals surface area contributed by atoms with E-state index in [2.05, 4.69) is 25.4 Å². The first-order valence-electron chi connectivity index (χ1n) is 8.46. The number of carbonyl (C=O) groups excluding carboxylic acids is 1. The number of thiazole rings is 1. The quantitative estimate of drug-likeness (QED) is 0.366. The summed E-state index contributed by atoms with van der Waals surface area (Å²) in [6, 6.07) is 0.512. The van der Waals surface area contributed by atoms with Gasteiger partial charge in [-0.3, -0.25) is 9.78 Å². The van der Waals surface area contributed by atoms with Crippen molar-refractivity contribution in [3.8, 4) is 24.0 Å². The van der Waals surface area contributed by atoms with Gasteiger partial charge in [-0.05, 0) is 13.0 Å². The number of aryl methyl sites for hydroxylation is 1. The van der Waals surface area contributed by atoms with Gasteiger partial charge in [0, 0.05) is 4.88 Å². The van der Waals surface area contributed by atoms with Crippen molar-refractivity contribution in [3.63, 3.8) is 0 Å². The van der Waals surface area contributed by atoms with Crippen LogP contribution in [0.15, 0.2) is 16.4 Å². The van der Waals surface area contributed by atoms with Gasteiger partial charge in [0.25, 0.3) is 12.0 Å². The summed E-state index contributed by atoms with van der Waals surface area (Å²) >= 11 is 1.18. The van der Waals surface area contributed by atoms with Gasteiger partial charge in [-0.25, -0.2) is 14.2 Å². The number of hydrogen-bond donors (Lipinski definition) is 3. The highest BCUT2D eigenvalue weighted by molar-refractivity contribution is 7.10. The Bertz CT molecular complexity index is 1260. The van der Waals surface area contributed by atoms with Crippen LogP contribution in [0.25, 0.3) is 5.82 Å². The van der Waals surface area contributed by atoms with Gasteiger partial charge in [0.2, 0.25) is 5.88 Å². The number of aromatic nitrogens is 5. The maximum Gasteiger partial charge on any atom is 0.437 e. The maximum atomic E-state index is 14.7. The summed E-state index contributed by atoms with van der Waals surface area (Å²) in [5.74, 6) is -3.09. The molecule has 0 aliphatic heterocycles. The first-order valence-corrected chi connectivity index (χ1v) is 9.34. The second-order valence-corrected chi connectivity index (χ2v) is 7.07. The summed E-state index contributed by atoms with van der Waals surface area (Å²) in [5, 5.41) is 14.9. The van der Waals surface area contributed by atoms with E-state index in [-0.39, 0.29) is 11.6 Å². The van der Waals surface area contributed by atoms with E-state index in [1.807, 2.05) is 0 Å². The van der Waals surface area contributed by atoms with Gasteiger partial charge in [0.1, 0.15) is 18.0 Å². The third-order valence-electron chi connectivity index (χ3n) is 3.84. The fourth-order valence-electron chi connectivity index (χ4n) is 2.35. The van der Waals surface area contributed by atoms with Crippen molar-refractivity contribution in [2.24, 2.45) is 0 Å². The first kappa shape index (κ1) is 22.9. The first-order chi connectivity index (χ1) is 15.0. The molecule has 3 heterocycles. The zero-order chi connectivity index (χ0) is 23.6. The van der Waals surface area contributed by atoms with Crippen LogP contribution in [0, 0.1) is 25.1 Å². The lowest BCUT2D eigenvalue weighted by Crippen LogP contribution is -2.34. The molecule has 3 rings (SSSR count). The lowest BCUT2D eigenvalue weighted by atomic mass is 10.2. The Balaban J connectivity index is 2.12. The SMILES string of the molecule is C#C[C@H](Oc1nc(-n2nc(CO)[nH]c2=O)c(F)cc1C(=O)Nc1ncsc1C)C(F)(F)F. The number of terminal acetylenes is 1. The lowest BCUT2D eigenvalue weighted by molar-refractivity contribution is -0.177. The summed E-state index contributed by atoms with van der Waals surface area (Å²) in [4.78, 5) is 34.7. The zero-order valence-corrected chi connectivity index (χ0v) is 16.7. The number of nitrogens with one attached hydrogen (secondary N) is 2. The Labute approximate surface area is 179 Å².